The molecular formula is C49H52N5O10S+. The standard InChI is InChI=1S/C49H51N5O10S/c1-48(2,3)63-46(59)51-39-43(57)54-40(45(58)62-41(32-14-9-7-10-15-32)33-16-11-8-12-17-33)35(30-65-44(39)54)26-34-22-25-53(42(34)56)28-31-20-23-52(24-21-31)29-38(55)50-36-18-13-19-37(27-36)61-47(60)64-49(4,5)6/h7-21,23-24,26-27,39,41,44H,22,25,28-30H2,1-6H3,(H-,50,51,55,59)/p+1. The van der Waals surface area contributed by atoms with Crippen molar-refractivity contribution in [1.82, 2.24) is 15.1 Å². The molecule has 3 aliphatic heterocycles. The Labute approximate surface area is 381 Å². The zero-order valence-corrected chi connectivity index (χ0v) is 37.9. The van der Waals surface area contributed by atoms with Crippen molar-refractivity contribution >= 4 is 53.4 Å². The van der Waals surface area contributed by atoms with Gasteiger partial charge in [0.15, 0.2) is 18.5 Å². The Balaban J connectivity index is 1.04. The van der Waals surface area contributed by atoms with E-state index in [1.54, 1.807) is 87.7 Å². The molecule has 7 rings (SSSR count). The van der Waals surface area contributed by atoms with Crippen molar-refractivity contribution in [3.63, 3.8) is 0 Å². The van der Waals surface area contributed by atoms with Gasteiger partial charge in [0.1, 0.15) is 34.1 Å². The van der Waals surface area contributed by atoms with Crippen molar-refractivity contribution in [1.29, 1.82) is 0 Å². The number of ether oxygens (including phenoxy) is 4. The lowest BCUT2D eigenvalue weighted by Gasteiger charge is -2.49. The Morgan fingerprint density at radius 3 is 2.12 bits per heavy atom. The van der Waals surface area contributed by atoms with Gasteiger partial charge in [-0.2, -0.15) is 4.57 Å². The Morgan fingerprint density at radius 2 is 1.49 bits per heavy atom. The second-order valence-corrected chi connectivity index (χ2v) is 18.8. The average molecular weight is 903 g/mol. The third-order valence-electron chi connectivity index (χ3n) is 10.2. The number of fused-ring (bicyclic) bond motifs is 1. The zero-order valence-electron chi connectivity index (χ0n) is 37.1. The van der Waals surface area contributed by atoms with Crippen molar-refractivity contribution in [2.45, 2.75) is 89.8 Å². The number of amides is 4. The van der Waals surface area contributed by atoms with E-state index in [9.17, 15) is 28.8 Å². The number of hydrogen-bond acceptors (Lipinski definition) is 11. The largest absolute Gasteiger partial charge is 0.514 e. The van der Waals surface area contributed by atoms with Crippen LogP contribution in [0, 0.1) is 0 Å². The van der Waals surface area contributed by atoms with E-state index >= 15 is 0 Å². The number of aromatic nitrogens is 1. The highest BCUT2D eigenvalue weighted by atomic mass is 32.2. The number of thioether (sulfide) groups is 1. The molecule has 2 fully saturated rings. The molecule has 0 aliphatic carbocycles. The minimum Gasteiger partial charge on any atom is -0.448 e. The molecule has 1 aromatic heterocycles. The van der Waals surface area contributed by atoms with Crippen LogP contribution in [0.2, 0.25) is 0 Å². The maximum atomic E-state index is 14.5. The number of likely N-dealkylation sites (tertiary alicyclic amines) is 1. The van der Waals surface area contributed by atoms with Crippen LogP contribution in [-0.2, 0) is 46.5 Å². The summed E-state index contributed by atoms with van der Waals surface area (Å²) in [6.45, 7) is 11.1. The number of pyridine rings is 1. The van der Waals surface area contributed by atoms with Crippen molar-refractivity contribution in [3.05, 3.63) is 149 Å². The van der Waals surface area contributed by atoms with E-state index in [-0.39, 0.29) is 35.6 Å². The minimum absolute atomic E-state index is 0.000483. The molecule has 0 saturated carbocycles. The number of carbonyl (C=O) groups excluding carboxylic acids is 6. The SMILES string of the molecule is CC(C)(C)OC(=O)NC1C(=O)N2C(C(=O)OC(c3ccccc3)c3ccccc3)=C(C=C3CCN(Cc4cc[n+](CC(=O)Nc5cccc(OC(=O)OC(C)(C)C)c5)cc4)C3=O)CSC12. The Hall–Kier alpha value is -6.94. The summed E-state index contributed by atoms with van der Waals surface area (Å²) in [7, 11) is 0. The van der Waals surface area contributed by atoms with E-state index in [0.717, 1.165) is 16.7 Å². The molecule has 0 spiro atoms. The molecule has 3 aliphatic rings. The number of hydrogen-bond donors (Lipinski definition) is 2. The summed E-state index contributed by atoms with van der Waals surface area (Å²) in [6.07, 6.45) is 3.21. The molecule has 338 valence electrons. The molecule has 4 amide bonds. The smallest absolute Gasteiger partial charge is 0.448 e. The fourth-order valence-corrected chi connectivity index (χ4v) is 8.68. The summed E-state index contributed by atoms with van der Waals surface area (Å²) in [6, 6.07) is 27.8. The van der Waals surface area contributed by atoms with Gasteiger partial charge < -0.3 is 34.5 Å². The van der Waals surface area contributed by atoms with Crippen LogP contribution in [0.25, 0.3) is 0 Å². The first-order valence-electron chi connectivity index (χ1n) is 21.2. The first-order chi connectivity index (χ1) is 30.9. The number of β-lactam (4-membered cyclic amide) rings is 1. The van der Waals surface area contributed by atoms with E-state index in [2.05, 4.69) is 10.6 Å². The van der Waals surface area contributed by atoms with Crippen molar-refractivity contribution in [2.75, 3.05) is 17.6 Å². The minimum atomic E-state index is -0.933. The predicted octanol–water partition coefficient (Wildman–Crippen LogP) is 6.98. The molecule has 0 bridgehead atoms. The lowest BCUT2D eigenvalue weighted by atomic mass is 10.00. The van der Waals surface area contributed by atoms with Crippen LogP contribution < -0.4 is 19.9 Å². The number of benzene rings is 3. The molecule has 0 radical (unpaired) electrons. The van der Waals surface area contributed by atoms with E-state index < -0.39 is 52.8 Å². The fourth-order valence-electron chi connectivity index (χ4n) is 7.38. The Bertz CT molecular complexity index is 2480. The highest BCUT2D eigenvalue weighted by molar-refractivity contribution is 8.00. The number of esters is 1. The predicted molar refractivity (Wildman–Crippen MR) is 241 cm³/mol. The molecule has 2 saturated heterocycles. The van der Waals surface area contributed by atoms with E-state index in [1.165, 1.54) is 22.7 Å². The van der Waals surface area contributed by atoms with E-state index in [0.29, 0.717) is 36.3 Å². The first kappa shape index (κ1) is 46.1. The summed E-state index contributed by atoms with van der Waals surface area (Å²) in [4.78, 5) is 83.1. The van der Waals surface area contributed by atoms with E-state index in [1.807, 2.05) is 72.8 Å². The normalized spacial score (nSPS) is 17.9. The number of alkyl carbamates (subject to hydrolysis) is 1. The number of nitrogens with zero attached hydrogens (tertiary/aromatic N) is 3. The quantitative estimate of drug-likeness (QED) is 0.0375. The van der Waals surface area contributed by atoms with Gasteiger partial charge in [0.05, 0.1) is 0 Å². The van der Waals surface area contributed by atoms with Crippen LogP contribution >= 0.6 is 11.8 Å². The molecule has 4 aromatic rings. The maximum Gasteiger partial charge on any atom is 0.514 e. The van der Waals surface area contributed by atoms with Gasteiger partial charge in [0, 0.05) is 48.3 Å². The number of carbonyl (C=O) groups is 6. The van der Waals surface area contributed by atoms with Gasteiger partial charge in [-0.3, -0.25) is 19.3 Å². The summed E-state index contributed by atoms with van der Waals surface area (Å²) < 4.78 is 23.8. The van der Waals surface area contributed by atoms with Crippen LogP contribution in [0.15, 0.2) is 132 Å². The van der Waals surface area contributed by atoms with Gasteiger partial charge in [-0.1, -0.05) is 66.7 Å². The molecule has 4 heterocycles. The lowest BCUT2D eigenvalue weighted by molar-refractivity contribution is -0.684. The lowest BCUT2D eigenvalue weighted by Crippen LogP contribution is -2.70. The number of anilines is 1. The molecule has 65 heavy (non-hydrogen) atoms. The molecule has 3 aromatic carbocycles. The van der Waals surface area contributed by atoms with Crippen molar-refractivity contribution in [2.24, 2.45) is 0 Å². The van der Waals surface area contributed by atoms with Gasteiger partial charge in [-0.15, -0.1) is 11.8 Å². The third-order valence-corrected chi connectivity index (χ3v) is 11.5. The summed E-state index contributed by atoms with van der Waals surface area (Å²) in [5, 5.41) is 4.87. The van der Waals surface area contributed by atoms with E-state index in [4.69, 9.17) is 18.9 Å². The average Bonchev–Trinajstić information content (AvgIpc) is 3.58. The first-order valence-corrected chi connectivity index (χ1v) is 22.2. The molecular weight excluding hydrogens is 851 g/mol. The van der Waals surface area contributed by atoms with Gasteiger partial charge in [0.25, 0.3) is 11.8 Å². The summed E-state index contributed by atoms with van der Waals surface area (Å²) >= 11 is 1.37. The third kappa shape index (κ3) is 11.8. The summed E-state index contributed by atoms with van der Waals surface area (Å²) in [5.74, 6) is -1.27. The molecule has 15 nitrogen and oxygen atoms in total. The van der Waals surface area contributed by atoms with Gasteiger partial charge in [0.2, 0.25) is 12.5 Å². The van der Waals surface area contributed by atoms with Gasteiger partial charge >= 0.3 is 18.2 Å². The van der Waals surface area contributed by atoms with Crippen LogP contribution in [-0.4, -0.2) is 80.7 Å². The Kier molecular flexibility index (Phi) is 13.8. The molecule has 2 unspecified atom stereocenters. The monoisotopic (exact) mass is 902 g/mol. The van der Waals surface area contributed by atoms with Gasteiger partial charge in [-0.05, 0) is 88.4 Å². The van der Waals surface area contributed by atoms with Crippen LogP contribution in [0.5, 0.6) is 5.75 Å². The topological polar surface area (TPSA) is 174 Å². The molecule has 16 heteroatoms. The molecule has 2 N–H and O–H groups in total. The number of allylic oxidation sites excluding steroid dienone is 1. The van der Waals surface area contributed by atoms with Crippen molar-refractivity contribution in [3.8, 4) is 5.75 Å². The highest BCUT2D eigenvalue weighted by Crippen LogP contribution is 2.43. The van der Waals surface area contributed by atoms with Gasteiger partial charge in [-0.25, -0.2) is 14.4 Å². The highest BCUT2D eigenvalue weighted by Gasteiger charge is 2.55. The number of rotatable bonds is 12. The van der Waals surface area contributed by atoms with Crippen LogP contribution in [0.3, 0.4) is 0 Å². The maximum absolute atomic E-state index is 14.5. The number of nitrogens with one attached hydrogen (secondary N) is 2. The second-order valence-electron chi connectivity index (χ2n) is 17.7. The second kappa shape index (κ2) is 19.4. The zero-order chi connectivity index (χ0) is 46.5. The Morgan fingerprint density at radius 1 is 0.846 bits per heavy atom. The van der Waals surface area contributed by atoms with Crippen LogP contribution in [0.1, 0.15) is 70.8 Å². The van der Waals surface area contributed by atoms with Crippen LogP contribution in [0.4, 0.5) is 15.3 Å². The van der Waals surface area contributed by atoms with Crippen molar-refractivity contribution < 1.29 is 52.3 Å². The summed E-state index contributed by atoms with van der Waals surface area (Å²) in [5.41, 5.74) is 2.22. The fraction of sp³-hybridized carbons (Fsp3) is 0.327. The molecule has 2 atom stereocenters.